The third-order valence-electron chi connectivity index (χ3n) is 3.59. The lowest BCUT2D eigenvalue weighted by molar-refractivity contribution is -0.325. The van der Waals surface area contributed by atoms with E-state index < -0.39 is 59.7 Å². The number of carbonyl (C=O) groups is 2. The van der Waals surface area contributed by atoms with Gasteiger partial charge in [-0.25, -0.2) is 0 Å². The second-order valence-corrected chi connectivity index (χ2v) is 7.90. The average Bonchev–Trinajstić information content (AvgIpc) is 2.61. The van der Waals surface area contributed by atoms with E-state index in [1.807, 2.05) is 0 Å². The molecule has 0 rings (SSSR count). The van der Waals surface area contributed by atoms with Crippen molar-refractivity contribution in [2.45, 2.75) is 62.9 Å². The summed E-state index contributed by atoms with van der Waals surface area (Å²) in [6.07, 6.45) is -9.95. The summed E-state index contributed by atoms with van der Waals surface area (Å²) in [5, 5.41) is -2.26. The van der Waals surface area contributed by atoms with Gasteiger partial charge in [-0.1, -0.05) is 0 Å². The summed E-state index contributed by atoms with van der Waals surface area (Å²) in [7, 11) is -5.03. The molecule has 0 aliphatic rings. The molecule has 0 saturated heterocycles. The van der Waals surface area contributed by atoms with Gasteiger partial charge >= 0.3 is 24.7 Å². The van der Waals surface area contributed by atoms with E-state index in [-0.39, 0.29) is 51.7 Å². The number of unbranched alkanes of at least 4 members (excludes halogenated alkanes) is 4. The molecule has 0 spiro atoms. The fourth-order valence-electron chi connectivity index (χ4n) is 2.11. The highest BCUT2D eigenvalue weighted by Gasteiger charge is 2.35. The van der Waals surface area contributed by atoms with Gasteiger partial charge in [0.05, 0.1) is 32.8 Å². The van der Waals surface area contributed by atoms with E-state index in [9.17, 15) is 44.3 Å². The van der Waals surface area contributed by atoms with Crippen LogP contribution >= 0.6 is 0 Å². The molecule has 0 saturated carbocycles. The third kappa shape index (κ3) is 18.0. The molecule has 1 N–H and O–H groups in total. The molecule has 0 aliphatic carbocycles. The fraction of sp³-hybridized carbons (Fsp3) is 0.875. The number of halogens is 6. The van der Waals surface area contributed by atoms with Crippen molar-refractivity contribution >= 4 is 22.1 Å². The smallest absolute Gasteiger partial charge is 0.466 e. The van der Waals surface area contributed by atoms with Crippen molar-refractivity contribution in [2.24, 2.45) is 0 Å². The van der Waals surface area contributed by atoms with E-state index in [0.717, 1.165) is 0 Å². The van der Waals surface area contributed by atoms with Crippen molar-refractivity contribution in [1.29, 1.82) is 0 Å². The minimum absolute atomic E-state index is 0.00650. The normalized spacial score (nSPS) is 13.6. The molecule has 1 unspecified atom stereocenters. The van der Waals surface area contributed by atoms with Crippen LogP contribution < -0.4 is 0 Å². The van der Waals surface area contributed by atoms with Gasteiger partial charge in [-0.15, -0.1) is 26.3 Å². The van der Waals surface area contributed by atoms with Gasteiger partial charge in [-0.3, -0.25) is 23.6 Å². The van der Waals surface area contributed by atoms with Crippen molar-refractivity contribution in [2.75, 3.05) is 26.4 Å². The predicted octanol–water partition coefficient (Wildman–Crippen LogP) is 3.13. The van der Waals surface area contributed by atoms with Crippen LogP contribution in [-0.2, 0) is 38.7 Å². The van der Waals surface area contributed by atoms with Gasteiger partial charge < -0.3 is 9.47 Å². The number of hydrogen-bond donors (Lipinski definition) is 1. The Morgan fingerprint density at radius 3 is 1.53 bits per heavy atom. The standard InChI is InChI=1S/C16H24F6O9S/c17-15(18,19)30-9-5-1-3-7-28-13(23)11-12(32(25,26)27)14(24)29-8-4-2-6-10-31-16(20,21)22/h12H,1-11H2,(H,25,26,27). The summed E-state index contributed by atoms with van der Waals surface area (Å²) < 4.78 is 119. The maximum atomic E-state index is 11.8. The minimum Gasteiger partial charge on any atom is -0.466 e. The first kappa shape index (κ1) is 30.3. The second kappa shape index (κ2) is 14.5. The second-order valence-electron chi connectivity index (χ2n) is 6.31. The lowest BCUT2D eigenvalue weighted by atomic mass is 10.2. The Hall–Kier alpha value is -1.65. The third-order valence-corrected chi connectivity index (χ3v) is 4.67. The van der Waals surface area contributed by atoms with Crippen LogP contribution in [0.25, 0.3) is 0 Å². The minimum atomic E-state index is -5.03. The Bertz CT molecular complexity index is 664. The van der Waals surface area contributed by atoms with Crippen LogP contribution in [0.2, 0.25) is 0 Å². The van der Waals surface area contributed by atoms with Crippen molar-refractivity contribution in [3.8, 4) is 0 Å². The molecule has 0 heterocycles. The number of ether oxygens (including phenoxy) is 4. The molecule has 0 aromatic heterocycles. The van der Waals surface area contributed by atoms with Gasteiger partial charge in [0.15, 0.2) is 5.25 Å². The van der Waals surface area contributed by atoms with Gasteiger partial charge in [-0.05, 0) is 38.5 Å². The Kier molecular flexibility index (Phi) is 13.7. The molecule has 0 aromatic carbocycles. The fourth-order valence-corrected chi connectivity index (χ4v) is 2.77. The molecule has 0 bridgehead atoms. The first-order valence-electron chi connectivity index (χ1n) is 9.32. The lowest BCUT2D eigenvalue weighted by Crippen LogP contribution is -2.34. The van der Waals surface area contributed by atoms with E-state index in [0.29, 0.717) is 0 Å². The molecular weight excluding hydrogens is 482 g/mol. The number of alkyl halides is 6. The van der Waals surface area contributed by atoms with Gasteiger partial charge in [0.2, 0.25) is 0 Å². The molecule has 0 amide bonds. The van der Waals surface area contributed by atoms with E-state index in [1.54, 1.807) is 0 Å². The van der Waals surface area contributed by atoms with Crippen LogP contribution in [0.4, 0.5) is 26.3 Å². The molecule has 0 aromatic rings. The van der Waals surface area contributed by atoms with Crippen LogP contribution in [0, 0.1) is 0 Å². The molecule has 16 heteroatoms. The van der Waals surface area contributed by atoms with Gasteiger partial charge in [0, 0.05) is 0 Å². The van der Waals surface area contributed by atoms with E-state index >= 15 is 0 Å². The average molecular weight is 506 g/mol. The first-order valence-corrected chi connectivity index (χ1v) is 10.8. The monoisotopic (exact) mass is 506 g/mol. The van der Waals surface area contributed by atoms with Crippen LogP contribution in [-0.4, -0.2) is 69.3 Å². The zero-order valence-corrected chi connectivity index (χ0v) is 17.6. The summed E-state index contributed by atoms with van der Waals surface area (Å²) in [6.45, 7) is -1.82. The summed E-state index contributed by atoms with van der Waals surface area (Å²) >= 11 is 0. The van der Waals surface area contributed by atoms with E-state index in [1.165, 1.54) is 0 Å². The number of rotatable bonds is 16. The molecule has 32 heavy (non-hydrogen) atoms. The van der Waals surface area contributed by atoms with E-state index in [4.69, 9.17) is 4.55 Å². The molecule has 0 radical (unpaired) electrons. The summed E-state index contributed by atoms with van der Waals surface area (Å²) in [4.78, 5) is 23.5. The Labute approximate surface area is 180 Å². The zero-order valence-electron chi connectivity index (χ0n) is 16.7. The van der Waals surface area contributed by atoms with Crippen molar-refractivity contribution in [1.82, 2.24) is 0 Å². The van der Waals surface area contributed by atoms with Gasteiger partial charge in [0.1, 0.15) is 0 Å². The van der Waals surface area contributed by atoms with E-state index in [2.05, 4.69) is 18.9 Å². The largest absolute Gasteiger partial charge is 0.522 e. The molecule has 0 fully saturated rings. The first-order chi connectivity index (χ1) is 14.6. The van der Waals surface area contributed by atoms with Crippen LogP contribution in [0.5, 0.6) is 0 Å². The lowest BCUT2D eigenvalue weighted by Gasteiger charge is -2.13. The molecule has 0 aliphatic heterocycles. The van der Waals surface area contributed by atoms with Gasteiger partial charge in [0.25, 0.3) is 10.1 Å². The zero-order chi connectivity index (χ0) is 24.8. The predicted molar refractivity (Wildman–Crippen MR) is 93.6 cm³/mol. The molecular formula is C16H24F6O9S. The molecule has 9 nitrogen and oxygen atoms in total. The summed E-state index contributed by atoms with van der Waals surface area (Å²) in [5.41, 5.74) is 0. The molecule has 1 atom stereocenters. The Morgan fingerprint density at radius 2 is 1.12 bits per heavy atom. The Morgan fingerprint density at radius 1 is 0.719 bits per heavy atom. The van der Waals surface area contributed by atoms with Crippen molar-refractivity contribution in [3.05, 3.63) is 0 Å². The highest BCUT2D eigenvalue weighted by molar-refractivity contribution is 7.87. The topological polar surface area (TPSA) is 125 Å². The number of esters is 2. The van der Waals surface area contributed by atoms with Crippen LogP contribution in [0.15, 0.2) is 0 Å². The highest BCUT2D eigenvalue weighted by Crippen LogP contribution is 2.17. The number of carbonyl (C=O) groups excluding carboxylic acids is 2. The summed E-state index contributed by atoms with van der Waals surface area (Å²) in [5.74, 6) is -2.61. The molecule has 190 valence electrons. The maximum Gasteiger partial charge on any atom is 0.522 e. The quantitative estimate of drug-likeness (QED) is 0.145. The van der Waals surface area contributed by atoms with Gasteiger partial charge in [-0.2, -0.15) is 8.42 Å². The van der Waals surface area contributed by atoms with Crippen molar-refractivity contribution in [3.63, 3.8) is 0 Å². The SMILES string of the molecule is O=C(CC(C(=O)OCCCCCOC(F)(F)F)S(=O)(=O)O)OCCCCCOC(F)(F)F. The highest BCUT2D eigenvalue weighted by atomic mass is 32.2. The Balaban J connectivity index is 4.17. The van der Waals surface area contributed by atoms with Crippen molar-refractivity contribution < 1.29 is 67.8 Å². The maximum absolute atomic E-state index is 11.8. The van der Waals surface area contributed by atoms with Crippen LogP contribution in [0.1, 0.15) is 44.9 Å². The number of hydrogen-bond acceptors (Lipinski definition) is 8. The summed E-state index contributed by atoms with van der Waals surface area (Å²) in [6, 6.07) is 0. The van der Waals surface area contributed by atoms with Crippen LogP contribution in [0.3, 0.4) is 0 Å².